The van der Waals surface area contributed by atoms with Crippen molar-refractivity contribution < 1.29 is 9.53 Å². The van der Waals surface area contributed by atoms with Crippen LogP contribution in [-0.2, 0) is 9.53 Å². The van der Waals surface area contributed by atoms with Crippen LogP contribution < -0.4 is 0 Å². The highest BCUT2D eigenvalue weighted by atomic mass is 16.5. The lowest BCUT2D eigenvalue weighted by atomic mass is 9.71. The van der Waals surface area contributed by atoms with Crippen molar-refractivity contribution in [2.45, 2.75) is 129 Å². The highest BCUT2D eigenvalue weighted by Gasteiger charge is 2.37. The first-order chi connectivity index (χ1) is 13.6. The van der Waals surface area contributed by atoms with Crippen LogP contribution in [0.4, 0.5) is 0 Å². The Morgan fingerprint density at radius 1 is 0.929 bits per heavy atom. The third-order valence-corrected chi connectivity index (χ3v) is 7.31. The van der Waals surface area contributed by atoms with E-state index >= 15 is 0 Å². The Morgan fingerprint density at radius 3 is 2.18 bits per heavy atom. The van der Waals surface area contributed by atoms with E-state index in [-0.39, 0.29) is 23.4 Å². The highest BCUT2D eigenvalue weighted by molar-refractivity contribution is 5.72. The molecule has 0 N–H and O–H groups in total. The second-order valence-electron chi connectivity index (χ2n) is 9.55. The molecule has 0 bridgehead atoms. The summed E-state index contributed by atoms with van der Waals surface area (Å²) in [4.78, 5) is 12.6. The van der Waals surface area contributed by atoms with Crippen molar-refractivity contribution in [2.75, 3.05) is 0 Å². The van der Waals surface area contributed by atoms with Gasteiger partial charge >= 0.3 is 5.97 Å². The number of hydrogen-bond acceptors (Lipinski definition) is 3. The van der Waals surface area contributed by atoms with E-state index in [9.17, 15) is 10.1 Å². The second kappa shape index (κ2) is 12.5. The van der Waals surface area contributed by atoms with E-state index in [1.54, 1.807) is 0 Å². The molecule has 2 fully saturated rings. The minimum atomic E-state index is -0.160. The fourth-order valence-electron chi connectivity index (χ4n) is 5.20. The van der Waals surface area contributed by atoms with E-state index in [1.165, 1.54) is 57.8 Å². The lowest BCUT2D eigenvalue weighted by Gasteiger charge is -2.35. The summed E-state index contributed by atoms with van der Waals surface area (Å²) in [6.07, 6.45) is 19.3. The van der Waals surface area contributed by atoms with Gasteiger partial charge in [-0.15, -0.1) is 0 Å². The maximum Gasteiger partial charge on any atom is 0.309 e. The Labute approximate surface area is 173 Å². The molecule has 0 radical (unpaired) electrons. The third-order valence-electron chi connectivity index (χ3n) is 7.31. The van der Waals surface area contributed by atoms with Gasteiger partial charge in [-0.1, -0.05) is 65.2 Å². The molecule has 0 heterocycles. The van der Waals surface area contributed by atoms with Gasteiger partial charge in [-0.2, -0.15) is 5.26 Å². The molecule has 0 saturated heterocycles. The molecule has 3 nitrogen and oxygen atoms in total. The number of hydrogen-bond donors (Lipinski definition) is 0. The Morgan fingerprint density at radius 2 is 1.57 bits per heavy atom. The summed E-state index contributed by atoms with van der Waals surface area (Å²) in [6.45, 7) is 4.48. The first-order valence-corrected chi connectivity index (χ1v) is 12.2. The largest absolute Gasteiger partial charge is 0.462 e. The molecule has 160 valence electrons. The fraction of sp³-hybridized carbons (Fsp3) is 0.920. The first-order valence-electron chi connectivity index (χ1n) is 12.2. The van der Waals surface area contributed by atoms with Crippen molar-refractivity contribution in [1.29, 1.82) is 5.26 Å². The Kier molecular flexibility index (Phi) is 10.4. The van der Waals surface area contributed by atoms with Crippen LogP contribution in [0.3, 0.4) is 0 Å². The summed E-state index contributed by atoms with van der Waals surface area (Å²) in [6, 6.07) is 2.62. The van der Waals surface area contributed by atoms with Crippen LogP contribution in [0.5, 0.6) is 0 Å². The average molecular weight is 390 g/mol. The summed E-state index contributed by atoms with van der Waals surface area (Å²) in [7, 11) is 0. The molecule has 0 atom stereocenters. The molecule has 2 saturated carbocycles. The molecule has 0 unspecified atom stereocenters. The van der Waals surface area contributed by atoms with Crippen molar-refractivity contribution in [3.63, 3.8) is 0 Å². The number of nitrogens with zero attached hydrogens (tertiary/aromatic N) is 1. The van der Waals surface area contributed by atoms with Gasteiger partial charge in [0.25, 0.3) is 0 Å². The van der Waals surface area contributed by atoms with Crippen LogP contribution in [0.2, 0.25) is 0 Å². The maximum absolute atomic E-state index is 12.6. The molecule has 0 aromatic heterocycles. The zero-order valence-electron chi connectivity index (χ0n) is 18.5. The molecule has 2 aliphatic carbocycles. The zero-order valence-corrected chi connectivity index (χ0v) is 18.5. The van der Waals surface area contributed by atoms with Crippen LogP contribution in [0.25, 0.3) is 0 Å². The Bertz CT molecular complexity index is 479. The molecule has 0 amide bonds. The quantitative estimate of drug-likeness (QED) is 0.274. The fourth-order valence-corrected chi connectivity index (χ4v) is 5.20. The lowest BCUT2D eigenvalue weighted by molar-refractivity contribution is -0.158. The van der Waals surface area contributed by atoms with Gasteiger partial charge in [-0.3, -0.25) is 4.79 Å². The van der Waals surface area contributed by atoms with Crippen molar-refractivity contribution >= 4 is 5.97 Å². The van der Waals surface area contributed by atoms with Crippen molar-refractivity contribution in [3.8, 4) is 6.07 Å². The Hall–Kier alpha value is -1.04. The van der Waals surface area contributed by atoms with Gasteiger partial charge in [0.2, 0.25) is 0 Å². The summed E-state index contributed by atoms with van der Waals surface area (Å²) in [5, 5.41) is 9.71. The van der Waals surface area contributed by atoms with E-state index < -0.39 is 0 Å². The number of carbonyl (C=O) groups is 1. The standard InChI is InChI=1S/C25H43NO2/c1-3-5-7-9-17-25(20-26)18-15-23(16-19-25)28-24(27)22-13-11-21(12-14-22)10-8-6-4-2/h21-23H,3-19H2,1-2H3/t21-,22-,23-,25+. The number of nitriles is 1. The van der Waals surface area contributed by atoms with Gasteiger partial charge in [0.05, 0.1) is 17.4 Å². The summed E-state index contributed by atoms with van der Waals surface area (Å²) in [5.41, 5.74) is -0.160. The van der Waals surface area contributed by atoms with Gasteiger partial charge in [0, 0.05) is 0 Å². The first kappa shape index (κ1) is 23.2. The number of unbranched alkanes of at least 4 members (excludes halogenated alkanes) is 5. The predicted molar refractivity (Wildman–Crippen MR) is 115 cm³/mol. The van der Waals surface area contributed by atoms with Gasteiger partial charge in [0.1, 0.15) is 6.10 Å². The minimum absolute atomic E-state index is 0.0458. The van der Waals surface area contributed by atoms with Crippen LogP contribution in [0.15, 0.2) is 0 Å². The molecule has 2 aliphatic rings. The molecule has 0 aliphatic heterocycles. The molecule has 28 heavy (non-hydrogen) atoms. The second-order valence-corrected chi connectivity index (χ2v) is 9.55. The molecular formula is C25H43NO2. The molecule has 0 aromatic rings. The van der Waals surface area contributed by atoms with Crippen molar-refractivity contribution in [3.05, 3.63) is 0 Å². The minimum Gasteiger partial charge on any atom is -0.462 e. The van der Waals surface area contributed by atoms with Crippen molar-refractivity contribution in [1.82, 2.24) is 0 Å². The number of ether oxygens (including phenoxy) is 1. The molecular weight excluding hydrogens is 346 g/mol. The van der Waals surface area contributed by atoms with E-state index in [0.717, 1.165) is 57.3 Å². The third kappa shape index (κ3) is 7.41. The maximum atomic E-state index is 12.6. The number of carbonyl (C=O) groups excluding carboxylic acids is 1. The summed E-state index contributed by atoms with van der Waals surface area (Å²) in [5.74, 6) is 0.998. The molecule has 3 heteroatoms. The molecule has 2 rings (SSSR count). The van der Waals surface area contributed by atoms with E-state index in [0.29, 0.717) is 0 Å². The van der Waals surface area contributed by atoms with E-state index in [1.807, 2.05) is 0 Å². The van der Waals surface area contributed by atoms with Gasteiger partial charge in [-0.25, -0.2) is 0 Å². The van der Waals surface area contributed by atoms with Gasteiger partial charge in [-0.05, 0) is 63.7 Å². The topological polar surface area (TPSA) is 50.1 Å². The summed E-state index contributed by atoms with van der Waals surface area (Å²) < 4.78 is 5.90. The smallest absolute Gasteiger partial charge is 0.309 e. The van der Waals surface area contributed by atoms with Crippen LogP contribution in [0, 0.1) is 28.6 Å². The van der Waals surface area contributed by atoms with Gasteiger partial charge in [0.15, 0.2) is 0 Å². The van der Waals surface area contributed by atoms with Crippen LogP contribution in [0.1, 0.15) is 123 Å². The number of rotatable bonds is 11. The van der Waals surface area contributed by atoms with Crippen LogP contribution >= 0.6 is 0 Å². The van der Waals surface area contributed by atoms with Crippen molar-refractivity contribution in [2.24, 2.45) is 17.3 Å². The van der Waals surface area contributed by atoms with E-state index in [2.05, 4.69) is 19.9 Å². The number of esters is 1. The zero-order chi connectivity index (χ0) is 20.2. The monoisotopic (exact) mass is 389 g/mol. The Balaban J connectivity index is 1.67. The van der Waals surface area contributed by atoms with Crippen LogP contribution in [-0.4, -0.2) is 12.1 Å². The van der Waals surface area contributed by atoms with E-state index in [4.69, 9.17) is 4.74 Å². The normalized spacial score (nSPS) is 30.5. The SMILES string of the molecule is CCCCCC[C@]1(C#N)CC[C@@H](OC(=O)[C@H]2CC[C@H](CCCCC)CC2)CC1. The lowest BCUT2D eigenvalue weighted by Crippen LogP contribution is -2.33. The predicted octanol–water partition coefficient (Wildman–Crippen LogP) is 7.34. The highest BCUT2D eigenvalue weighted by Crippen LogP contribution is 2.41. The molecule has 0 spiro atoms. The average Bonchev–Trinajstić information content (AvgIpc) is 2.73. The molecule has 0 aromatic carbocycles. The van der Waals surface area contributed by atoms with Gasteiger partial charge < -0.3 is 4.74 Å². The summed E-state index contributed by atoms with van der Waals surface area (Å²) >= 11 is 0.